The molecule has 0 aliphatic carbocycles. The number of hydrogen-bond acceptors (Lipinski definition) is 12. The van der Waals surface area contributed by atoms with Crippen LogP contribution in [0.3, 0.4) is 0 Å². The molecule has 4 rings (SSSR count). The molecule has 0 N–H and O–H groups in total. The Morgan fingerprint density at radius 3 is 2.60 bits per heavy atom. The van der Waals surface area contributed by atoms with Gasteiger partial charge in [0.05, 0.1) is 19.2 Å². The molecular weight excluding hydrogens is 607 g/mol. The highest BCUT2D eigenvalue weighted by Crippen LogP contribution is 2.41. The maximum Gasteiger partial charge on any atom is 0.425 e. The number of ether oxygens (including phenoxy) is 3. The normalized spacial score (nSPS) is 14.1. The molecule has 4 heterocycles. The number of nitrogens with zero attached hydrogens (tertiary/aromatic N) is 6. The first kappa shape index (κ1) is 32.1. The van der Waals surface area contributed by atoms with Crippen molar-refractivity contribution in [2.45, 2.75) is 64.3 Å². The molecule has 0 fully saturated rings. The highest BCUT2D eigenvalue weighted by Gasteiger charge is 2.36. The fraction of sp³-hybridized carbons (Fsp3) is 0.481. The molecule has 0 bridgehead atoms. The van der Waals surface area contributed by atoms with Gasteiger partial charge in [-0.1, -0.05) is 31.0 Å². The lowest BCUT2D eigenvalue weighted by Crippen LogP contribution is -2.43. The van der Waals surface area contributed by atoms with E-state index < -0.39 is 49.8 Å². The predicted octanol–water partition coefficient (Wildman–Crippen LogP) is 5.25. The Morgan fingerprint density at radius 1 is 1.23 bits per heavy atom. The van der Waals surface area contributed by atoms with Crippen molar-refractivity contribution in [2.24, 2.45) is 0 Å². The Balaban J connectivity index is 1.89. The van der Waals surface area contributed by atoms with Gasteiger partial charge in [-0.25, -0.2) is 37.3 Å². The molecular formula is C27H32ClFN6O7S. The Hall–Kier alpha value is -3.85. The van der Waals surface area contributed by atoms with Crippen LogP contribution in [-0.2, 0) is 19.3 Å². The Kier molecular flexibility index (Phi) is 9.25. The molecule has 1 atom stereocenters. The summed E-state index contributed by atoms with van der Waals surface area (Å²) in [5.74, 6) is -1.20. The molecule has 0 unspecified atom stereocenters. The van der Waals surface area contributed by atoms with E-state index in [1.807, 2.05) is 6.92 Å². The minimum atomic E-state index is -4.01. The summed E-state index contributed by atoms with van der Waals surface area (Å²) >= 11 is 5.98. The second-order valence-corrected chi connectivity index (χ2v) is 13.0. The first-order chi connectivity index (χ1) is 20.1. The van der Waals surface area contributed by atoms with Crippen molar-refractivity contribution in [3.05, 3.63) is 34.9 Å². The SMILES string of the molecule is CCCCOC(=O)N(C(=O)OC(C)(C)C)c1ncccc1[C@@H](C)N1CCOc2nc(Cl)c(F)c3nc(S(C)(=O)=O)nc1c23. The van der Waals surface area contributed by atoms with Gasteiger partial charge in [0.1, 0.15) is 28.9 Å². The van der Waals surface area contributed by atoms with Crippen LogP contribution in [0.2, 0.25) is 5.15 Å². The standard InChI is InChI=1S/C27H32ClFN6O7S/c1-7-8-13-41-25(36)35(26(37)42-27(3,4)5)21-16(10-9-11-30-21)15(2)34-12-14-40-23-17-19(18(29)20(28)32-23)31-24(33-22(17)34)43(6,38)39/h9-11,15H,7-8,12-14H2,1-6H3/t15-/m1/s1. The van der Waals surface area contributed by atoms with Gasteiger partial charge >= 0.3 is 12.2 Å². The van der Waals surface area contributed by atoms with E-state index in [4.69, 9.17) is 25.8 Å². The number of pyridine rings is 2. The van der Waals surface area contributed by atoms with Gasteiger partial charge in [-0.15, -0.1) is 0 Å². The van der Waals surface area contributed by atoms with Gasteiger partial charge in [0.15, 0.2) is 16.8 Å². The van der Waals surface area contributed by atoms with Crippen molar-refractivity contribution < 1.29 is 36.6 Å². The molecule has 1 aliphatic heterocycles. The molecule has 232 valence electrons. The first-order valence-electron chi connectivity index (χ1n) is 13.4. The Morgan fingerprint density at radius 2 is 1.95 bits per heavy atom. The molecule has 0 radical (unpaired) electrons. The number of rotatable bonds is 7. The van der Waals surface area contributed by atoms with Crippen LogP contribution in [0.4, 0.5) is 25.6 Å². The molecule has 16 heteroatoms. The number of carbonyl (C=O) groups is 2. The van der Waals surface area contributed by atoms with Crippen molar-refractivity contribution in [2.75, 3.05) is 35.8 Å². The van der Waals surface area contributed by atoms with Gasteiger partial charge in [0.2, 0.25) is 20.9 Å². The number of sulfone groups is 1. The molecule has 3 aromatic rings. The van der Waals surface area contributed by atoms with E-state index in [0.29, 0.717) is 16.9 Å². The van der Waals surface area contributed by atoms with Crippen molar-refractivity contribution in [1.29, 1.82) is 0 Å². The van der Waals surface area contributed by atoms with Crippen LogP contribution < -0.4 is 14.5 Å². The number of halogens is 2. The fourth-order valence-corrected chi connectivity index (χ4v) is 4.97. The van der Waals surface area contributed by atoms with Crippen LogP contribution in [-0.4, -0.2) is 72.2 Å². The summed E-state index contributed by atoms with van der Waals surface area (Å²) < 4.78 is 56.9. The second kappa shape index (κ2) is 12.4. The third-order valence-corrected chi connectivity index (χ3v) is 7.37. The number of unbranched alkanes of at least 4 members (excludes halogenated alkanes) is 1. The lowest BCUT2D eigenvalue weighted by atomic mass is 10.1. The molecule has 0 aromatic carbocycles. The smallest absolute Gasteiger partial charge is 0.425 e. The van der Waals surface area contributed by atoms with E-state index in [1.54, 1.807) is 44.7 Å². The monoisotopic (exact) mass is 638 g/mol. The third-order valence-electron chi connectivity index (χ3n) is 6.28. The number of carbonyl (C=O) groups excluding carboxylic acids is 2. The molecule has 0 saturated carbocycles. The van der Waals surface area contributed by atoms with Gasteiger partial charge < -0.3 is 19.1 Å². The van der Waals surface area contributed by atoms with E-state index in [1.165, 1.54) is 6.20 Å². The number of anilines is 2. The zero-order chi connectivity index (χ0) is 31.7. The third kappa shape index (κ3) is 6.88. The summed E-state index contributed by atoms with van der Waals surface area (Å²) in [5, 5.41) is -1.17. The zero-order valence-corrected chi connectivity index (χ0v) is 26.1. The molecule has 3 aromatic heterocycles. The van der Waals surface area contributed by atoms with E-state index in [-0.39, 0.29) is 48.2 Å². The summed E-state index contributed by atoms with van der Waals surface area (Å²) in [5.41, 5.74) is -0.988. The van der Waals surface area contributed by atoms with Gasteiger partial charge in [-0.2, -0.15) is 9.88 Å². The molecule has 0 saturated heterocycles. The van der Waals surface area contributed by atoms with E-state index in [9.17, 15) is 18.0 Å². The van der Waals surface area contributed by atoms with Crippen LogP contribution in [0, 0.1) is 5.82 Å². The van der Waals surface area contributed by atoms with Crippen molar-refractivity contribution in [3.63, 3.8) is 0 Å². The van der Waals surface area contributed by atoms with Crippen LogP contribution in [0.1, 0.15) is 59.1 Å². The number of hydrogen-bond donors (Lipinski definition) is 0. The fourth-order valence-electron chi connectivity index (χ4n) is 4.29. The van der Waals surface area contributed by atoms with Gasteiger partial charge in [-0.05, 0) is 40.2 Å². The van der Waals surface area contributed by atoms with E-state index >= 15 is 4.39 Å². The molecule has 43 heavy (non-hydrogen) atoms. The predicted molar refractivity (Wildman–Crippen MR) is 156 cm³/mol. The summed E-state index contributed by atoms with van der Waals surface area (Å²) in [7, 11) is -4.01. The minimum Gasteiger partial charge on any atom is -0.475 e. The Bertz CT molecular complexity index is 1670. The number of amides is 2. The highest BCUT2D eigenvalue weighted by atomic mass is 35.5. The lowest BCUT2D eigenvalue weighted by Gasteiger charge is -2.32. The largest absolute Gasteiger partial charge is 0.475 e. The van der Waals surface area contributed by atoms with Crippen LogP contribution in [0.5, 0.6) is 5.88 Å². The molecule has 2 amide bonds. The van der Waals surface area contributed by atoms with Gasteiger partial charge in [0.25, 0.3) is 0 Å². The van der Waals surface area contributed by atoms with E-state index in [2.05, 4.69) is 19.9 Å². The maximum absolute atomic E-state index is 15.2. The number of aromatic nitrogens is 4. The topological polar surface area (TPSA) is 154 Å². The maximum atomic E-state index is 15.2. The number of imide groups is 1. The second-order valence-electron chi connectivity index (χ2n) is 10.8. The molecule has 0 spiro atoms. The van der Waals surface area contributed by atoms with Crippen LogP contribution in [0.15, 0.2) is 23.5 Å². The summed E-state index contributed by atoms with van der Waals surface area (Å²) in [6.45, 7) is 8.80. The summed E-state index contributed by atoms with van der Waals surface area (Å²) in [6.07, 6.45) is 1.64. The van der Waals surface area contributed by atoms with Crippen molar-refractivity contribution >= 4 is 56.2 Å². The lowest BCUT2D eigenvalue weighted by molar-refractivity contribution is 0.0566. The quantitative estimate of drug-likeness (QED) is 0.188. The molecule has 1 aliphatic rings. The van der Waals surface area contributed by atoms with Gasteiger partial charge in [0, 0.05) is 18.0 Å². The van der Waals surface area contributed by atoms with Crippen LogP contribution in [0.25, 0.3) is 10.9 Å². The average Bonchev–Trinajstić information content (AvgIpc) is 3.10. The summed E-state index contributed by atoms with van der Waals surface area (Å²) in [6, 6.07) is 2.48. The Labute approximate surface area is 253 Å². The van der Waals surface area contributed by atoms with E-state index in [0.717, 1.165) is 12.7 Å². The average molecular weight is 639 g/mol. The first-order valence-corrected chi connectivity index (χ1v) is 15.7. The highest BCUT2D eigenvalue weighted by molar-refractivity contribution is 7.90. The minimum absolute atomic E-state index is 0.00219. The zero-order valence-electron chi connectivity index (χ0n) is 24.6. The van der Waals surface area contributed by atoms with Crippen LogP contribution >= 0.6 is 11.6 Å². The van der Waals surface area contributed by atoms with Crippen molar-refractivity contribution in [3.8, 4) is 5.88 Å². The van der Waals surface area contributed by atoms with Gasteiger partial charge in [-0.3, -0.25) is 0 Å². The summed E-state index contributed by atoms with van der Waals surface area (Å²) in [4.78, 5) is 45.5. The molecule has 13 nitrogen and oxygen atoms in total. The van der Waals surface area contributed by atoms with Crippen molar-refractivity contribution in [1.82, 2.24) is 19.9 Å².